The molecular formula is C6H10O4. The molecule has 0 spiro atoms. The lowest BCUT2D eigenvalue weighted by atomic mass is 10.2. The summed E-state index contributed by atoms with van der Waals surface area (Å²) in [4.78, 5) is 9.68. The minimum atomic E-state index is -1.20. The summed E-state index contributed by atoms with van der Waals surface area (Å²) in [7, 11) is 0. The van der Waals surface area contributed by atoms with Crippen LogP contribution in [0.1, 0.15) is 6.42 Å². The number of aliphatic hydroxyl groups is 3. The maximum absolute atomic E-state index is 9.68. The smallest absolute Gasteiger partial charge is 0.122 e. The Balaban J connectivity index is 0. The summed E-state index contributed by atoms with van der Waals surface area (Å²) >= 11 is 0. The average molecular weight is 146 g/mol. The van der Waals surface area contributed by atoms with Crippen molar-refractivity contribution < 1.29 is 20.1 Å². The largest absolute Gasteiger partial charge is 0.394 e. The summed E-state index contributed by atoms with van der Waals surface area (Å²) in [6, 6.07) is 0. The average Bonchev–Trinajstić information content (AvgIpc) is 1.87. The lowest BCUT2D eigenvalue weighted by Crippen LogP contribution is -2.29. The molecule has 0 rings (SSSR count). The Morgan fingerprint density at radius 1 is 1.30 bits per heavy atom. The number of aliphatic hydroxyl groups excluding tert-OH is 3. The van der Waals surface area contributed by atoms with Gasteiger partial charge >= 0.3 is 0 Å². The highest BCUT2D eigenvalue weighted by Crippen LogP contribution is 1.94. The summed E-state index contributed by atoms with van der Waals surface area (Å²) in [5, 5.41) is 25.5. The molecule has 4 radical (unpaired) electrons. The van der Waals surface area contributed by atoms with E-state index in [0.717, 1.165) is 0 Å². The minimum Gasteiger partial charge on any atom is -0.394 e. The molecule has 0 aromatic heterocycles. The van der Waals surface area contributed by atoms with E-state index in [0.29, 0.717) is 6.29 Å². The van der Waals surface area contributed by atoms with Crippen LogP contribution in [0.15, 0.2) is 0 Å². The molecule has 4 nitrogen and oxygen atoms in total. The molecule has 0 fully saturated rings. The fraction of sp³-hybridized carbons (Fsp3) is 0.667. The highest BCUT2D eigenvalue weighted by Gasteiger charge is 2.13. The van der Waals surface area contributed by atoms with Crippen LogP contribution in [0.2, 0.25) is 0 Å². The second-order valence-corrected chi connectivity index (χ2v) is 1.72. The molecule has 3 N–H and O–H groups in total. The van der Waals surface area contributed by atoms with Gasteiger partial charge in [0.1, 0.15) is 12.4 Å². The molecule has 0 saturated carbocycles. The first-order valence-electron chi connectivity index (χ1n) is 2.63. The predicted octanol–water partition coefficient (Wildman–Crippen LogP) is -1.63. The summed E-state index contributed by atoms with van der Waals surface area (Å²) < 4.78 is 0. The molecule has 0 heterocycles. The Bertz CT molecular complexity index is 83.8. The highest BCUT2D eigenvalue weighted by molar-refractivity contribution is 5.50. The van der Waals surface area contributed by atoms with Crippen LogP contribution in [0.5, 0.6) is 0 Å². The zero-order valence-corrected chi connectivity index (χ0v) is 5.40. The lowest BCUT2D eigenvalue weighted by molar-refractivity contribution is -0.111. The number of aldehydes is 1. The van der Waals surface area contributed by atoms with Crippen molar-refractivity contribution in [3.8, 4) is 0 Å². The molecule has 0 aliphatic rings. The Morgan fingerprint density at radius 2 is 1.80 bits per heavy atom. The van der Waals surface area contributed by atoms with Crippen LogP contribution in [0, 0.1) is 7.43 Å². The van der Waals surface area contributed by atoms with Gasteiger partial charge in [0.2, 0.25) is 0 Å². The van der Waals surface area contributed by atoms with Gasteiger partial charge in [-0.15, -0.1) is 0 Å². The maximum atomic E-state index is 9.68. The second-order valence-electron chi connectivity index (χ2n) is 1.72. The van der Waals surface area contributed by atoms with E-state index >= 15 is 0 Å². The van der Waals surface area contributed by atoms with Crippen molar-refractivity contribution in [2.24, 2.45) is 0 Å². The van der Waals surface area contributed by atoms with E-state index in [4.69, 9.17) is 15.3 Å². The summed E-state index contributed by atoms with van der Waals surface area (Å²) in [5.41, 5.74) is 0. The van der Waals surface area contributed by atoms with Crippen LogP contribution in [0.4, 0.5) is 0 Å². The summed E-state index contributed by atoms with van der Waals surface area (Å²) in [6.07, 6.45) is -1.98. The van der Waals surface area contributed by atoms with Crippen molar-refractivity contribution in [3.63, 3.8) is 0 Å². The fourth-order valence-corrected chi connectivity index (χ4v) is 0.377. The molecule has 0 aliphatic carbocycles. The molecule has 10 heavy (non-hydrogen) atoms. The maximum Gasteiger partial charge on any atom is 0.122 e. The molecule has 4 heteroatoms. The zero-order valence-electron chi connectivity index (χ0n) is 5.40. The quantitative estimate of drug-likeness (QED) is 0.416. The third kappa shape index (κ3) is 4.43. The molecule has 0 aromatic rings. The number of rotatable bonds is 4. The van der Waals surface area contributed by atoms with Gasteiger partial charge in [0.25, 0.3) is 0 Å². The third-order valence-electron chi connectivity index (χ3n) is 0.969. The molecule has 0 aliphatic heterocycles. The van der Waals surface area contributed by atoms with Crippen LogP contribution in [-0.2, 0) is 4.79 Å². The van der Waals surface area contributed by atoms with E-state index in [-0.39, 0.29) is 13.8 Å². The molecule has 0 bridgehead atoms. The number of carbonyl (C=O) groups excluding carboxylic acids is 1. The van der Waals surface area contributed by atoms with Crippen molar-refractivity contribution >= 4 is 6.29 Å². The zero-order chi connectivity index (χ0) is 7.28. The van der Waals surface area contributed by atoms with Gasteiger partial charge in [0.05, 0.1) is 12.7 Å². The summed E-state index contributed by atoms with van der Waals surface area (Å²) in [5.74, 6) is 0. The van der Waals surface area contributed by atoms with Gasteiger partial charge in [-0.1, -0.05) is 0 Å². The van der Waals surface area contributed by atoms with E-state index in [1.165, 1.54) is 0 Å². The topological polar surface area (TPSA) is 77.8 Å². The fourth-order valence-electron chi connectivity index (χ4n) is 0.377. The van der Waals surface area contributed by atoms with Gasteiger partial charge < -0.3 is 20.1 Å². The van der Waals surface area contributed by atoms with E-state index in [2.05, 4.69) is 0 Å². The normalized spacial score (nSPS) is 15.1. The first-order chi connectivity index (χ1) is 4.22. The Kier molecular flexibility index (Phi) is 8.17. The van der Waals surface area contributed by atoms with Crippen LogP contribution in [-0.4, -0.2) is 40.4 Å². The van der Waals surface area contributed by atoms with Crippen LogP contribution < -0.4 is 0 Å². The van der Waals surface area contributed by atoms with Crippen molar-refractivity contribution in [2.45, 2.75) is 18.6 Å². The van der Waals surface area contributed by atoms with Crippen LogP contribution in [0.3, 0.4) is 0 Å². The molecule has 0 unspecified atom stereocenters. The van der Waals surface area contributed by atoms with Crippen molar-refractivity contribution in [1.29, 1.82) is 0 Å². The van der Waals surface area contributed by atoms with E-state index in [1.807, 2.05) is 0 Å². The van der Waals surface area contributed by atoms with Crippen LogP contribution >= 0.6 is 0 Å². The number of hydrogen-bond donors (Lipinski definition) is 3. The Hall–Kier alpha value is -0.450. The van der Waals surface area contributed by atoms with Crippen LogP contribution in [0.25, 0.3) is 0 Å². The Labute approximate surface area is 60.1 Å². The Morgan fingerprint density at radius 3 is 2.10 bits per heavy atom. The molecule has 0 aromatic carbocycles. The second kappa shape index (κ2) is 6.67. The SMILES string of the molecule is O=CC[C@H](O)[C@H](O)CO.[C]. The van der Waals surface area contributed by atoms with Crippen molar-refractivity contribution in [3.05, 3.63) is 7.43 Å². The molecular weight excluding hydrogens is 136 g/mol. The van der Waals surface area contributed by atoms with E-state index < -0.39 is 18.8 Å². The molecule has 2 atom stereocenters. The van der Waals surface area contributed by atoms with Gasteiger partial charge in [-0.3, -0.25) is 0 Å². The van der Waals surface area contributed by atoms with E-state index in [1.54, 1.807) is 0 Å². The lowest BCUT2D eigenvalue weighted by Gasteiger charge is -2.11. The third-order valence-corrected chi connectivity index (χ3v) is 0.969. The van der Waals surface area contributed by atoms with Gasteiger partial charge in [-0.05, 0) is 0 Å². The first kappa shape index (κ1) is 12.2. The predicted molar refractivity (Wildman–Crippen MR) is 33.0 cm³/mol. The molecule has 0 amide bonds. The molecule has 0 saturated heterocycles. The molecule has 58 valence electrons. The van der Waals surface area contributed by atoms with Crippen molar-refractivity contribution in [2.75, 3.05) is 6.61 Å². The summed E-state index contributed by atoms with van der Waals surface area (Å²) in [6.45, 7) is -0.519. The van der Waals surface area contributed by atoms with Crippen molar-refractivity contribution in [1.82, 2.24) is 0 Å². The first-order valence-corrected chi connectivity index (χ1v) is 2.63. The van der Waals surface area contributed by atoms with Gasteiger partial charge in [-0.2, -0.15) is 0 Å². The van der Waals surface area contributed by atoms with Gasteiger partial charge in [0.15, 0.2) is 0 Å². The highest BCUT2D eigenvalue weighted by atomic mass is 16.4. The number of carbonyl (C=O) groups is 1. The van der Waals surface area contributed by atoms with Gasteiger partial charge in [0, 0.05) is 13.8 Å². The monoisotopic (exact) mass is 146 g/mol. The number of hydrogen-bond acceptors (Lipinski definition) is 4. The minimum absolute atomic E-state index is 0. The van der Waals surface area contributed by atoms with Gasteiger partial charge in [-0.25, -0.2) is 0 Å². The standard InChI is InChI=1S/C5H10O4.C/c6-2-1-4(8)5(9)3-7;/h2,4-5,7-9H,1,3H2;/t4-,5+;/m0./s1. The van der Waals surface area contributed by atoms with E-state index in [9.17, 15) is 4.79 Å².